The molecule has 6 rings (SSSR count). The van der Waals surface area contributed by atoms with Crippen molar-refractivity contribution >= 4 is 23.2 Å². The van der Waals surface area contributed by atoms with Gasteiger partial charge in [-0.1, -0.05) is 55.8 Å². The third kappa shape index (κ3) is 3.29. The molecular formula is C26H22ClN5O. The number of benzene rings is 2. The normalized spacial score (nSPS) is 18.8. The second-order valence-corrected chi connectivity index (χ2v) is 9.07. The van der Waals surface area contributed by atoms with Crippen LogP contribution in [0.4, 0.5) is 5.95 Å². The highest BCUT2D eigenvalue weighted by Crippen LogP contribution is 2.50. The third-order valence-electron chi connectivity index (χ3n) is 6.28. The quantitative estimate of drug-likeness (QED) is 0.410. The van der Waals surface area contributed by atoms with Crippen molar-refractivity contribution in [3.8, 4) is 5.75 Å². The molecule has 4 aromatic rings. The van der Waals surface area contributed by atoms with E-state index < -0.39 is 0 Å². The van der Waals surface area contributed by atoms with Gasteiger partial charge in [0.1, 0.15) is 24.2 Å². The number of nitrogens with one attached hydrogen (secondary N) is 1. The monoisotopic (exact) mass is 455 g/mol. The minimum Gasteiger partial charge on any atom is -0.480 e. The van der Waals surface area contributed by atoms with Gasteiger partial charge in [0.15, 0.2) is 0 Å². The number of ether oxygens (including phenoxy) is 1. The molecular weight excluding hydrogens is 434 g/mol. The molecule has 2 aliphatic rings. The van der Waals surface area contributed by atoms with Gasteiger partial charge in [-0.15, -0.1) is 0 Å². The van der Waals surface area contributed by atoms with Crippen LogP contribution < -0.4 is 10.1 Å². The first kappa shape index (κ1) is 20.0. The molecule has 0 unspecified atom stereocenters. The number of nitrogens with zero attached hydrogens (tertiary/aromatic N) is 4. The predicted molar refractivity (Wildman–Crippen MR) is 128 cm³/mol. The summed E-state index contributed by atoms with van der Waals surface area (Å²) in [5, 5.41) is 8.69. The molecule has 2 aromatic heterocycles. The van der Waals surface area contributed by atoms with Crippen molar-refractivity contribution in [3.63, 3.8) is 0 Å². The van der Waals surface area contributed by atoms with Gasteiger partial charge in [0, 0.05) is 28.6 Å². The Balaban J connectivity index is 1.59. The molecule has 1 N–H and O–H groups in total. The zero-order chi connectivity index (χ0) is 22.5. The first-order chi connectivity index (χ1) is 16.1. The standard InChI is InChI=1S/C26H22ClN5O/c1-15(2)16-5-7-17(8-6-16)25-22-23(20-12-19(27)9-10-21(20)33-25)31-26-29-14-30-32(26)24(22)18-4-3-11-28-13-18/h3-15,24-25H,1-2H3,(H,29,30,31)/t24-,25+/m1/s1. The summed E-state index contributed by atoms with van der Waals surface area (Å²) in [4.78, 5) is 8.84. The minimum absolute atomic E-state index is 0.227. The summed E-state index contributed by atoms with van der Waals surface area (Å²) in [6, 6.07) is 18.2. The summed E-state index contributed by atoms with van der Waals surface area (Å²) in [7, 11) is 0. The average Bonchev–Trinajstić information content (AvgIpc) is 3.31. The lowest BCUT2D eigenvalue weighted by Gasteiger charge is -2.39. The molecule has 164 valence electrons. The molecule has 2 aliphatic heterocycles. The van der Waals surface area contributed by atoms with E-state index in [4.69, 9.17) is 16.3 Å². The van der Waals surface area contributed by atoms with Crippen LogP contribution >= 0.6 is 11.6 Å². The summed E-state index contributed by atoms with van der Waals surface area (Å²) < 4.78 is 8.54. The van der Waals surface area contributed by atoms with Gasteiger partial charge in [-0.3, -0.25) is 4.98 Å². The number of hydrogen-bond donors (Lipinski definition) is 1. The Kier molecular flexibility index (Phi) is 4.69. The van der Waals surface area contributed by atoms with E-state index in [1.54, 1.807) is 12.5 Å². The number of anilines is 1. The van der Waals surface area contributed by atoms with E-state index in [1.807, 2.05) is 35.1 Å². The second kappa shape index (κ2) is 7.74. The maximum absolute atomic E-state index is 6.65. The van der Waals surface area contributed by atoms with Crippen molar-refractivity contribution in [2.75, 3.05) is 5.32 Å². The molecule has 6 nitrogen and oxygen atoms in total. The maximum Gasteiger partial charge on any atom is 0.226 e. The van der Waals surface area contributed by atoms with E-state index in [9.17, 15) is 0 Å². The van der Waals surface area contributed by atoms with E-state index in [2.05, 4.69) is 64.6 Å². The van der Waals surface area contributed by atoms with Gasteiger partial charge < -0.3 is 10.1 Å². The molecule has 7 heteroatoms. The SMILES string of the molecule is CC(C)c1ccc([C@@H]2Oc3ccc(Cl)cc3C3=C2[C@@H](c2cccnc2)n2ncnc2N3)cc1. The fourth-order valence-electron chi connectivity index (χ4n) is 4.63. The highest BCUT2D eigenvalue weighted by atomic mass is 35.5. The van der Waals surface area contributed by atoms with Crippen molar-refractivity contribution in [1.82, 2.24) is 19.7 Å². The van der Waals surface area contributed by atoms with Crippen molar-refractivity contribution < 1.29 is 4.74 Å². The Morgan fingerprint density at radius 2 is 1.91 bits per heavy atom. The smallest absolute Gasteiger partial charge is 0.226 e. The van der Waals surface area contributed by atoms with Crippen LogP contribution in [-0.2, 0) is 0 Å². The van der Waals surface area contributed by atoms with Gasteiger partial charge >= 0.3 is 0 Å². The van der Waals surface area contributed by atoms with Gasteiger partial charge in [0.05, 0.1) is 5.70 Å². The zero-order valence-corrected chi connectivity index (χ0v) is 19.0. The number of pyridine rings is 1. The van der Waals surface area contributed by atoms with Gasteiger partial charge in [-0.05, 0) is 46.9 Å². The summed E-state index contributed by atoms with van der Waals surface area (Å²) in [5.74, 6) is 1.91. The highest BCUT2D eigenvalue weighted by molar-refractivity contribution is 6.30. The number of aromatic nitrogens is 4. The van der Waals surface area contributed by atoms with Crippen molar-refractivity contribution in [3.05, 3.63) is 106 Å². The molecule has 0 amide bonds. The molecule has 0 spiro atoms. The third-order valence-corrected chi connectivity index (χ3v) is 6.52. The average molecular weight is 456 g/mol. The molecule has 0 saturated carbocycles. The Hall–Kier alpha value is -3.64. The fourth-order valence-corrected chi connectivity index (χ4v) is 4.80. The lowest BCUT2D eigenvalue weighted by molar-refractivity contribution is 0.223. The van der Waals surface area contributed by atoms with Crippen LogP contribution in [0.25, 0.3) is 5.70 Å². The number of rotatable bonds is 3. The van der Waals surface area contributed by atoms with Crippen LogP contribution in [-0.4, -0.2) is 19.7 Å². The predicted octanol–water partition coefficient (Wildman–Crippen LogP) is 6.01. The van der Waals surface area contributed by atoms with E-state index in [0.717, 1.165) is 33.7 Å². The molecule has 0 bridgehead atoms. The molecule has 2 aromatic carbocycles. The van der Waals surface area contributed by atoms with Crippen LogP contribution in [0.15, 0.2) is 78.9 Å². The summed E-state index contributed by atoms with van der Waals surface area (Å²) in [5.41, 5.74) is 6.29. The number of fused-ring (bicyclic) bond motifs is 3. The minimum atomic E-state index is -0.315. The van der Waals surface area contributed by atoms with Gasteiger partial charge in [0.25, 0.3) is 0 Å². The Labute approximate surface area is 196 Å². The zero-order valence-electron chi connectivity index (χ0n) is 18.2. The Morgan fingerprint density at radius 1 is 1.06 bits per heavy atom. The van der Waals surface area contributed by atoms with E-state index in [0.29, 0.717) is 16.9 Å². The maximum atomic E-state index is 6.65. The van der Waals surface area contributed by atoms with Gasteiger partial charge in [-0.25, -0.2) is 4.68 Å². The Bertz CT molecular complexity index is 1360. The molecule has 4 heterocycles. The van der Waals surface area contributed by atoms with Crippen LogP contribution in [0.2, 0.25) is 5.02 Å². The van der Waals surface area contributed by atoms with Gasteiger partial charge in [0.2, 0.25) is 5.95 Å². The molecule has 0 radical (unpaired) electrons. The van der Waals surface area contributed by atoms with E-state index in [1.165, 1.54) is 5.56 Å². The largest absolute Gasteiger partial charge is 0.480 e. The Morgan fingerprint density at radius 3 is 2.67 bits per heavy atom. The summed E-state index contributed by atoms with van der Waals surface area (Å²) in [6.45, 7) is 4.39. The lowest BCUT2D eigenvalue weighted by atomic mass is 9.84. The first-order valence-corrected chi connectivity index (χ1v) is 11.3. The highest BCUT2D eigenvalue weighted by Gasteiger charge is 2.41. The fraction of sp³-hybridized carbons (Fsp3) is 0.192. The van der Waals surface area contributed by atoms with Crippen LogP contribution in [0.5, 0.6) is 5.75 Å². The summed E-state index contributed by atoms with van der Waals surface area (Å²) >= 11 is 6.39. The number of hydrogen-bond acceptors (Lipinski definition) is 5. The van der Waals surface area contributed by atoms with Crippen molar-refractivity contribution in [2.45, 2.75) is 31.9 Å². The van der Waals surface area contributed by atoms with Crippen molar-refractivity contribution in [1.29, 1.82) is 0 Å². The van der Waals surface area contributed by atoms with E-state index in [-0.39, 0.29) is 12.1 Å². The van der Waals surface area contributed by atoms with Crippen LogP contribution in [0.1, 0.15) is 54.2 Å². The lowest BCUT2D eigenvalue weighted by Crippen LogP contribution is -2.32. The second-order valence-electron chi connectivity index (χ2n) is 8.63. The molecule has 0 fully saturated rings. The summed E-state index contributed by atoms with van der Waals surface area (Å²) in [6.07, 6.45) is 4.90. The first-order valence-electron chi connectivity index (χ1n) is 11.0. The van der Waals surface area contributed by atoms with Crippen molar-refractivity contribution in [2.24, 2.45) is 0 Å². The van der Waals surface area contributed by atoms with Crippen LogP contribution in [0.3, 0.4) is 0 Å². The molecule has 33 heavy (non-hydrogen) atoms. The molecule has 0 saturated heterocycles. The van der Waals surface area contributed by atoms with E-state index >= 15 is 0 Å². The number of halogens is 1. The topological polar surface area (TPSA) is 64.9 Å². The van der Waals surface area contributed by atoms with Gasteiger partial charge in [-0.2, -0.15) is 10.1 Å². The molecule has 0 aliphatic carbocycles. The van der Waals surface area contributed by atoms with Crippen LogP contribution in [0, 0.1) is 0 Å². The molecule has 2 atom stereocenters.